The van der Waals surface area contributed by atoms with E-state index in [4.69, 9.17) is 16.3 Å². The maximum Gasteiger partial charge on any atom is 0.267 e. The molecule has 0 radical (unpaired) electrons. The first kappa shape index (κ1) is 19.1. The van der Waals surface area contributed by atoms with Crippen LogP contribution in [-0.2, 0) is 9.53 Å². The van der Waals surface area contributed by atoms with Crippen molar-refractivity contribution in [2.75, 3.05) is 13.2 Å². The number of ether oxygens (including phenoxy) is 1. The molecule has 0 aliphatic carbocycles. The second-order valence-electron chi connectivity index (χ2n) is 6.27. The van der Waals surface area contributed by atoms with Crippen LogP contribution in [0.25, 0.3) is 6.08 Å². The van der Waals surface area contributed by atoms with Crippen LogP contribution >= 0.6 is 11.6 Å². The maximum atomic E-state index is 12.7. The van der Waals surface area contributed by atoms with Gasteiger partial charge in [0.15, 0.2) is 0 Å². The topological polar surface area (TPSA) is 67.4 Å². The highest BCUT2D eigenvalue weighted by Gasteiger charge is 2.19. The van der Waals surface area contributed by atoms with Gasteiger partial charge in [-0.15, -0.1) is 0 Å². The highest BCUT2D eigenvalue weighted by molar-refractivity contribution is 6.30. The molecule has 1 saturated heterocycles. The SMILES string of the molecule is O=C(NC[C@@H]1CCCO1)/C(=C/c1ccc(Cl)cc1)NC(=O)c1ccccc1. The van der Waals surface area contributed by atoms with Gasteiger partial charge in [-0.1, -0.05) is 41.9 Å². The van der Waals surface area contributed by atoms with Crippen LogP contribution in [-0.4, -0.2) is 31.1 Å². The molecule has 1 fully saturated rings. The smallest absolute Gasteiger partial charge is 0.267 e. The average Bonchev–Trinajstić information content (AvgIpc) is 3.21. The van der Waals surface area contributed by atoms with E-state index in [2.05, 4.69) is 10.6 Å². The molecule has 5 nitrogen and oxygen atoms in total. The largest absolute Gasteiger partial charge is 0.376 e. The highest BCUT2D eigenvalue weighted by atomic mass is 35.5. The molecule has 2 aromatic carbocycles. The standard InChI is InChI=1S/C21H21ClN2O3/c22-17-10-8-15(9-11-17)13-19(21(26)23-14-18-7-4-12-27-18)24-20(25)16-5-2-1-3-6-16/h1-3,5-6,8-11,13,18H,4,7,12,14H2,(H,23,26)(H,24,25)/b19-13-/t18-/m0/s1. The van der Waals surface area contributed by atoms with E-state index in [9.17, 15) is 9.59 Å². The lowest BCUT2D eigenvalue weighted by molar-refractivity contribution is -0.118. The van der Waals surface area contributed by atoms with Crippen LogP contribution in [0.2, 0.25) is 5.02 Å². The predicted molar refractivity (Wildman–Crippen MR) is 105 cm³/mol. The molecule has 2 N–H and O–H groups in total. The molecule has 6 heteroatoms. The first-order valence-electron chi connectivity index (χ1n) is 8.85. The minimum atomic E-state index is -0.357. The normalized spacial score (nSPS) is 16.8. The fourth-order valence-electron chi connectivity index (χ4n) is 2.78. The number of hydrogen-bond donors (Lipinski definition) is 2. The number of nitrogens with one attached hydrogen (secondary N) is 2. The van der Waals surface area contributed by atoms with E-state index in [-0.39, 0.29) is 23.6 Å². The van der Waals surface area contributed by atoms with E-state index in [1.54, 1.807) is 54.6 Å². The number of carbonyl (C=O) groups excluding carboxylic acids is 2. The van der Waals surface area contributed by atoms with Gasteiger partial charge < -0.3 is 15.4 Å². The van der Waals surface area contributed by atoms with E-state index in [0.29, 0.717) is 17.1 Å². The number of benzene rings is 2. The Morgan fingerprint density at radius 2 is 1.85 bits per heavy atom. The summed E-state index contributed by atoms with van der Waals surface area (Å²) in [4.78, 5) is 25.1. The van der Waals surface area contributed by atoms with E-state index < -0.39 is 0 Å². The average molecular weight is 385 g/mol. The van der Waals surface area contributed by atoms with Crippen LogP contribution in [0.3, 0.4) is 0 Å². The summed E-state index contributed by atoms with van der Waals surface area (Å²) in [6.07, 6.45) is 3.57. The van der Waals surface area contributed by atoms with Crippen LogP contribution in [0.15, 0.2) is 60.3 Å². The summed E-state index contributed by atoms with van der Waals surface area (Å²) in [6, 6.07) is 15.8. The molecule has 2 aromatic rings. The van der Waals surface area contributed by atoms with Crippen molar-refractivity contribution in [3.63, 3.8) is 0 Å². The van der Waals surface area contributed by atoms with Crippen molar-refractivity contribution in [3.05, 3.63) is 76.4 Å². The molecular weight excluding hydrogens is 364 g/mol. The van der Waals surface area contributed by atoms with Crippen LogP contribution in [0, 0.1) is 0 Å². The van der Waals surface area contributed by atoms with Gasteiger partial charge in [0.1, 0.15) is 5.70 Å². The van der Waals surface area contributed by atoms with Crippen LogP contribution in [0.4, 0.5) is 0 Å². The third-order valence-electron chi connectivity index (χ3n) is 4.22. The summed E-state index contributed by atoms with van der Waals surface area (Å²) < 4.78 is 5.53. The van der Waals surface area contributed by atoms with Crippen molar-refractivity contribution in [3.8, 4) is 0 Å². The van der Waals surface area contributed by atoms with Crippen molar-refractivity contribution in [2.45, 2.75) is 18.9 Å². The van der Waals surface area contributed by atoms with Gasteiger partial charge in [-0.3, -0.25) is 9.59 Å². The van der Waals surface area contributed by atoms with Gasteiger partial charge in [0.2, 0.25) is 0 Å². The molecule has 0 aromatic heterocycles. The molecule has 27 heavy (non-hydrogen) atoms. The van der Waals surface area contributed by atoms with Crippen molar-refractivity contribution < 1.29 is 14.3 Å². The molecule has 0 unspecified atom stereocenters. The molecule has 2 amide bonds. The summed E-state index contributed by atoms with van der Waals surface area (Å²) in [7, 11) is 0. The lowest BCUT2D eigenvalue weighted by atomic mass is 10.1. The number of halogens is 1. The van der Waals surface area contributed by atoms with Crippen LogP contribution in [0.5, 0.6) is 0 Å². The van der Waals surface area contributed by atoms with E-state index in [1.165, 1.54) is 0 Å². The molecule has 0 bridgehead atoms. The van der Waals surface area contributed by atoms with E-state index in [1.807, 2.05) is 6.07 Å². The Balaban J connectivity index is 1.75. The fraction of sp³-hybridized carbons (Fsp3) is 0.238. The monoisotopic (exact) mass is 384 g/mol. The summed E-state index contributed by atoms with van der Waals surface area (Å²) in [5.74, 6) is -0.701. The third kappa shape index (κ3) is 5.67. The first-order chi connectivity index (χ1) is 13.1. The minimum absolute atomic E-state index is 0.0237. The number of hydrogen-bond acceptors (Lipinski definition) is 3. The summed E-state index contributed by atoms with van der Waals surface area (Å²) in [5.41, 5.74) is 1.41. The summed E-state index contributed by atoms with van der Waals surface area (Å²) in [6.45, 7) is 1.14. The zero-order chi connectivity index (χ0) is 19.1. The Hall–Kier alpha value is -2.63. The quantitative estimate of drug-likeness (QED) is 0.750. The van der Waals surface area contributed by atoms with Gasteiger partial charge in [-0.25, -0.2) is 0 Å². The number of amides is 2. The molecule has 3 rings (SSSR count). The molecule has 1 heterocycles. The zero-order valence-electron chi connectivity index (χ0n) is 14.8. The van der Waals surface area contributed by atoms with E-state index in [0.717, 1.165) is 25.0 Å². The third-order valence-corrected chi connectivity index (χ3v) is 4.48. The first-order valence-corrected chi connectivity index (χ1v) is 9.23. The number of rotatable bonds is 6. The number of carbonyl (C=O) groups is 2. The zero-order valence-corrected chi connectivity index (χ0v) is 15.5. The van der Waals surface area contributed by atoms with Crippen molar-refractivity contribution in [1.82, 2.24) is 10.6 Å². The second-order valence-corrected chi connectivity index (χ2v) is 6.71. The van der Waals surface area contributed by atoms with Crippen LogP contribution in [0.1, 0.15) is 28.8 Å². The molecule has 1 aliphatic heterocycles. The molecule has 1 aliphatic rings. The molecular formula is C21H21ClN2O3. The van der Waals surface area contributed by atoms with Gasteiger partial charge in [0.25, 0.3) is 11.8 Å². The second kappa shape index (κ2) is 9.35. The lowest BCUT2D eigenvalue weighted by Gasteiger charge is -2.14. The Kier molecular flexibility index (Phi) is 6.63. The Labute approximate surface area is 163 Å². The fourth-order valence-corrected chi connectivity index (χ4v) is 2.90. The highest BCUT2D eigenvalue weighted by Crippen LogP contribution is 2.13. The molecule has 140 valence electrons. The Morgan fingerprint density at radius 3 is 2.52 bits per heavy atom. The van der Waals surface area contributed by atoms with Crippen molar-refractivity contribution in [2.24, 2.45) is 0 Å². The van der Waals surface area contributed by atoms with Gasteiger partial charge >= 0.3 is 0 Å². The molecule has 0 spiro atoms. The Morgan fingerprint density at radius 1 is 1.11 bits per heavy atom. The lowest BCUT2D eigenvalue weighted by Crippen LogP contribution is -2.38. The predicted octanol–water partition coefficient (Wildman–Crippen LogP) is 3.41. The maximum absolute atomic E-state index is 12.7. The Bertz CT molecular complexity index is 813. The summed E-state index contributed by atoms with van der Waals surface area (Å²) in [5, 5.41) is 6.15. The van der Waals surface area contributed by atoms with Gasteiger partial charge in [0, 0.05) is 23.7 Å². The van der Waals surface area contributed by atoms with Gasteiger partial charge in [-0.05, 0) is 48.7 Å². The molecule has 0 saturated carbocycles. The minimum Gasteiger partial charge on any atom is -0.376 e. The van der Waals surface area contributed by atoms with E-state index >= 15 is 0 Å². The van der Waals surface area contributed by atoms with Crippen LogP contribution < -0.4 is 10.6 Å². The molecule has 1 atom stereocenters. The van der Waals surface area contributed by atoms with Crippen molar-refractivity contribution >= 4 is 29.5 Å². The van der Waals surface area contributed by atoms with Gasteiger partial charge in [-0.2, -0.15) is 0 Å². The van der Waals surface area contributed by atoms with Gasteiger partial charge in [0.05, 0.1) is 6.10 Å². The summed E-state index contributed by atoms with van der Waals surface area (Å²) >= 11 is 5.91. The van der Waals surface area contributed by atoms with Crippen molar-refractivity contribution in [1.29, 1.82) is 0 Å².